The van der Waals surface area contributed by atoms with Crippen LogP contribution in [0.15, 0.2) is 4.99 Å². The smallest absolute Gasteiger partial charge is 0.221 e. The van der Waals surface area contributed by atoms with E-state index in [1.165, 1.54) is 24.1 Å². The van der Waals surface area contributed by atoms with E-state index in [2.05, 4.69) is 32.9 Å². The van der Waals surface area contributed by atoms with Crippen LogP contribution in [-0.2, 0) is 11.2 Å². The normalized spacial score (nSPS) is 15.7. The van der Waals surface area contributed by atoms with Crippen LogP contribution in [-0.4, -0.2) is 42.5 Å². The predicted molar refractivity (Wildman–Crippen MR) is 109 cm³/mol. The summed E-state index contributed by atoms with van der Waals surface area (Å²) in [5, 5.41) is 10.8. The maximum Gasteiger partial charge on any atom is 0.221 e. The largest absolute Gasteiger partial charge is 0.357 e. The van der Waals surface area contributed by atoms with Gasteiger partial charge in [0.2, 0.25) is 5.91 Å². The number of carbonyl (C=O) groups excluding carboxylic acids is 1. The monoisotopic (exact) mass is 379 g/mol. The van der Waals surface area contributed by atoms with Gasteiger partial charge in [0.15, 0.2) is 5.96 Å². The minimum Gasteiger partial charge on any atom is -0.357 e. The molecular formula is C19H33N5OS. The number of aryl methyl sites for hydroxylation is 2. The number of nitrogens with one attached hydrogen (secondary N) is 3. The first-order valence-corrected chi connectivity index (χ1v) is 10.6. The summed E-state index contributed by atoms with van der Waals surface area (Å²) in [7, 11) is 0. The Morgan fingerprint density at radius 3 is 2.65 bits per heavy atom. The summed E-state index contributed by atoms with van der Waals surface area (Å²) in [6, 6.07) is 0.378. The van der Waals surface area contributed by atoms with Gasteiger partial charge in [-0.05, 0) is 33.6 Å². The van der Waals surface area contributed by atoms with Crippen molar-refractivity contribution in [2.24, 2.45) is 4.99 Å². The highest BCUT2D eigenvalue weighted by Gasteiger charge is 2.15. The summed E-state index contributed by atoms with van der Waals surface area (Å²) < 4.78 is 0. The topological polar surface area (TPSA) is 78.4 Å². The first-order valence-electron chi connectivity index (χ1n) is 9.83. The number of thiazole rings is 1. The fraction of sp³-hybridized carbons (Fsp3) is 0.737. The molecule has 0 aromatic carbocycles. The van der Waals surface area contributed by atoms with Crippen LogP contribution in [0, 0.1) is 13.8 Å². The van der Waals surface area contributed by atoms with Gasteiger partial charge in [-0.1, -0.05) is 19.3 Å². The molecule has 0 aliphatic heterocycles. The van der Waals surface area contributed by atoms with Crippen molar-refractivity contribution in [3.05, 3.63) is 15.6 Å². The molecule has 0 saturated heterocycles. The van der Waals surface area contributed by atoms with Gasteiger partial charge in [-0.25, -0.2) is 4.98 Å². The molecule has 1 aliphatic carbocycles. The van der Waals surface area contributed by atoms with Gasteiger partial charge in [0, 0.05) is 43.4 Å². The lowest BCUT2D eigenvalue weighted by Gasteiger charge is -2.22. The third-order valence-corrected chi connectivity index (χ3v) is 5.76. The molecule has 0 atom stereocenters. The van der Waals surface area contributed by atoms with Crippen LogP contribution < -0.4 is 16.0 Å². The number of guanidine groups is 1. The summed E-state index contributed by atoms with van der Waals surface area (Å²) in [6.45, 7) is 8.28. The van der Waals surface area contributed by atoms with E-state index < -0.39 is 0 Å². The van der Waals surface area contributed by atoms with E-state index in [1.54, 1.807) is 11.3 Å². The minimum absolute atomic E-state index is 0.133. The van der Waals surface area contributed by atoms with Crippen molar-refractivity contribution in [1.29, 1.82) is 0 Å². The first kappa shape index (κ1) is 20.7. The molecule has 1 amide bonds. The highest BCUT2D eigenvalue weighted by Crippen LogP contribution is 2.17. The van der Waals surface area contributed by atoms with Crippen LogP contribution in [0.1, 0.15) is 61.0 Å². The Morgan fingerprint density at radius 2 is 2.00 bits per heavy atom. The van der Waals surface area contributed by atoms with E-state index in [0.29, 0.717) is 25.6 Å². The molecule has 6 nitrogen and oxygen atoms in total. The molecule has 1 heterocycles. The summed E-state index contributed by atoms with van der Waals surface area (Å²) >= 11 is 1.74. The first-order chi connectivity index (χ1) is 12.6. The fourth-order valence-electron chi connectivity index (χ4n) is 3.09. The molecule has 0 bridgehead atoms. The Balaban J connectivity index is 1.69. The number of nitrogens with zero attached hydrogens (tertiary/aromatic N) is 2. The number of rotatable bonds is 8. The summed E-state index contributed by atoms with van der Waals surface area (Å²) in [5.41, 5.74) is 1.11. The van der Waals surface area contributed by atoms with E-state index in [-0.39, 0.29) is 5.91 Å². The summed E-state index contributed by atoms with van der Waals surface area (Å²) in [4.78, 5) is 22.5. The molecule has 2 rings (SSSR count). The molecule has 1 aromatic rings. The SMILES string of the molecule is CCNC(=NCCc1nc(C)c(C)s1)NCCC(=O)NC1CCCCC1. The van der Waals surface area contributed by atoms with Crippen LogP contribution in [0.2, 0.25) is 0 Å². The van der Waals surface area contributed by atoms with Crippen molar-refractivity contribution in [2.75, 3.05) is 19.6 Å². The summed E-state index contributed by atoms with van der Waals surface area (Å²) in [5.74, 6) is 0.900. The second-order valence-electron chi connectivity index (χ2n) is 6.84. The second-order valence-corrected chi connectivity index (χ2v) is 8.13. The third kappa shape index (κ3) is 7.32. The van der Waals surface area contributed by atoms with Crippen molar-refractivity contribution in [3.63, 3.8) is 0 Å². The Hall–Kier alpha value is -1.63. The lowest BCUT2D eigenvalue weighted by Crippen LogP contribution is -2.41. The predicted octanol–water partition coefficient (Wildman–Crippen LogP) is 2.70. The molecule has 3 N–H and O–H groups in total. The number of aliphatic imine (C=N–C) groups is 1. The average molecular weight is 380 g/mol. The molecule has 1 fully saturated rings. The Kier molecular flexibility index (Phi) is 8.88. The van der Waals surface area contributed by atoms with E-state index in [1.807, 2.05) is 13.8 Å². The number of hydrogen-bond donors (Lipinski definition) is 3. The quantitative estimate of drug-likeness (QED) is 0.479. The molecule has 1 aromatic heterocycles. The van der Waals surface area contributed by atoms with Gasteiger partial charge in [0.1, 0.15) is 0 Å². The number of hydrogen-bond acceptors (Lipinski definition) is 4. The fourth-order valence-corrected chi connectivity index (χ4v) is 4.02. The maximum absolute atomic E-state index is 12.1. The van der Waals surface area contributed by atoms with Crippen LogP contribution in [0.5, 0.6) is 0 Å². The molecule has 1 saturated carbocycles. The molecule has 7 heteroatoms. The van der Waals surface area contributed by atoms with Crippen molar-refractivity contribution < 1.29 is 4.79 Å². The van der Waals surface area contributed by atoms with Crippen LogP contribution in [0.25, 0.3) is 0 Å². The van der Waals surface area contributed by atoms with Crippen molar-refractivity contribution in [3.8, 4) is 0 Å². The highest BCUT2D eigenvalue weighted by atomic mass is 32.1. The van der Waals surface area contributed by atoms with E-state index >= 15 is 0 Å². The van der Waals surface area contributed by atoms with Crippen LogP contribution in [0.3, 0.4) is 0 Å². The van der Waals surface area contributed by atoms with Gasteiger partial charge in [0.05, 0.1) is 10.7 Å². The zero-order valence-corrected chi connectivity index (χ0v) is 17.2. The minimum atomic E-state index is 0.133. The van der Waals surface area contributed by atoms with Gasteiger partial charge >= 0.3 is 0 Å². The maximum atomic E-state index is 12.1. The number of carbonyl (C=O) groups is 1. The lowest BCUT2D eigenvalue weighted by atomic mass is 9.95. The molecule has 1 aliphatic rings. The van der Waals surface area contributed by atoms with E-state index in [9.17, 15) is 4.79 Å². The van der Waals surface area contributed by atoms with Crippen LogP contribution >= 0.6 is 11.3 Å². The standard InChI is InChI=1S/C19H33N5OS/c1-4-20-19(22-13-11-18-23-14(2)15(3)26-18)21-12-10-17(25)24-16-8-6-5-7-9-16/h16H,4-13H2,1-3H3,(H,24,25)(H2,20,21,22). The molecule has 0 radical (unpaired) electrons. The van der Waals surface area contributed by atoms with Crippen molar-refractivity contribution in [1.82, 2.24) is 20.9 Å². The van der Waals surface area contributed by atoms with Crippen molar-refractivity contribution >= 4 is 23.2 Å². The van der Waals surface area contributed by atoms with Crippen molar-refractivity contribution in [2.45, 2.75) is 71.8 Å². The molecule has 26 heavy (non-hydrogen) atoms. The van der Waals surface area contributed by atoms with Gasteiger partial charge in [-0.2, -0.15) is 0 Å². The molecule has 0 spiro atoms. The zero-order valence-electron chi connectivity index (χ0n) is 16.4. The second kappa shape index (κ2) is 11.2. The van der Waals surface area contributed by atoms with Gasteiger partial charge in [-0.3, -0.25) is 9.79 Å². The highest BCUT2D eigenvalue weighted by molar-refractivity contribution is 7.11. The lowest BCUT2D eigenvalue weighted by molar-refractivity contribution is -0.121. The molecular weight excluding hydrogens is 346 g/mol. The number of amides is 1. The van der Waals surface area contributed by atoms with Gasteiger partial charge < -0.3 is 16.0 Å². The van der Waals surface area contributed by atoms with Crippen LogP contribution in [0.4, 0.5) is 0 Å². The Bertz CT molecular complexity index is 573. The van der Waals surface area contributed by atoms with E-state index in [4.69, 9.17) is 0 Å². The Labute approximate surface area is 161 Å². The molecule has 0 unspecified atom stereocenters. The molecule has 146 valence electrons. The average Bonchev–Trinajstić information content (AvgIpc) is 2.93. The zero-order chi connectivity index (χ0) is 18.8. The van der Waals surface area contributed by atoms with Gasteiger partial charge in [0.25, 0.3) is 0 Å². The third-order valence-electron chi connectivity index (χ3n) is 4.63. The van der Waals surface area contributed by atoms with E-state index in [0.717, 1.165) is 42.5 Å². The number of aromatic nitrogens is 1. The van der Waals surface area contributed by atoms with Gasteiger partial charge in [-0.15, -0.1) is 11.3 Å². The summed E-state index contributed by atoms with van der Waals surface area (Å²) in [6.07, 6.45) is 7.34. The Morgan fingerprint density at radius 1 is 1.23 bits per heavy atom.